The molecule has 1 saturated heterocycles. The number of morpholine rings is 1. The summed E-state index contributed by atoms with van der Waals surface area (Å²) in [6.07, 6.45) is 0.789. The molecule has 0 radical (unpaired) electrons. The number of ether oxygens (including phenoxy) is 1. The molecule has 1 atom stereocenters. The van der Waals surface area contributed by atoms with Crippen molar-refractivity contribution in [1.82, 2.24) is 4.90 Å². The highest BCUT2D eigenvalue weighted by Crippen LogP contribution is 2.23. The average Bonchev–Trinajstić information content (AvgIpc) is 2.91. The minimum absolute atomic E-state index is 0.0916. The summed E-state index contributed by atoms with van der Waals surface area (Å²) in [6, 6.07) is 2.08. The predicted molar refractivity (Wildman–Crippen MR) is 78.4 cm³/mol. The third kappa shape index (κ3) is 4.56. The summed E-state index contributed by atoms with van der Waals surface area (Å²) in [5.74, 6) is 0.558. The Morgan fingerprint density at radius 1 is 1.47 bits per heavy atom. The van der Waals surface area contributed by atoms with Crippen molar-refractivity contribution < 1.29 is 13.2 Å². The Labute approximate surface area is 119 Å². The van der Waals surface area contributed by atoms with Crippen molar-refractivity contribution in [2.24, 2.45) is 0 Å². The topological polar surface area (TPSA) is 46.6 Å². The fourth-order valence-corrected chi connectivity index (χ4v) is 4.31. The minimum atomic E-state index is -2.88. The normalized spacial score (nSPS) is 21.6. The lowest BCUT2D eigenvalue weighted by Gasteiger charge is -2.32. The Morgan fingerprint density at radius 2 is 2.32 bits per heavy atom. The highest BCUT2D eigenvalue weighted by atomic mass is 32.2. The third-order valence-electron chi connectivity index (χ3n) is 3.30. The van der Waals surface area contributed by atoms with Gasteiger partial charge in [-0.3, -0.25) is 4.90 Å². The van der Waals surface area contributed by atoms with Gasteiger partial charge in [0, 0.05) is 25.4 Å². The van der Waals surface area contributed by atoms with Crippen molar-refractivity contribution in [3.05, 3.63) is 22.4 Å². The molecule has 0 unspecified atom stereocenters. The molecule has 19 heavy (non-hydrogen) atoms. The van der Waals surface area contributed by atoms with E-state index in [0.717, 1.165) is 13.1 Å². The average molecular weight is 303 g/mol. The Balaban J connectivity index is 1.85. The van der Waals surface area contributed by atoms with Gasteiger partial charge in [-0.15, -0.1) is 0 Å². The van der Waals surface area contributed by atoms with Crippen LogP contribution in [0, 0.1) is 0 Å². The molecular weight excluding hydrogens is 282 g/mol. The molecular formula is C13H21NO3S2. The Bertz CT molecular complexity index is 470. The van der Waals surface area contributed by atoms with Crippen molar-refractivity contribution in [3.63, 3.8) is 0 Å². The molecule has 2 rings (SSSR count). The second-order valence-electron chi connectivity index (χ2n) is 4.87. The first-order valence-corrected chi connectivity index (χ1v) is 9.43. The van der Waals surface area contributed by atoms with E-state index in [1.165, 1.54) is 5.56 Å². The lowest BCUT2D eigenvalue weighted by atomic mass is 10.1. The molecule has 0 saturated carbocycles. The zero-order chi connectivity index (χ0) is 13.7. The Kier molecular flexibility index (Phi) is 5.38. The molecule has 0 aliphatic carbocycles. The zero-order valence-corrected chi connectivity index (χ0v) is 12.9. The molecule has 1 aromatic rings. The molecule has 1 fully saturated rings. The molecule has 1 aliphatic heterocycles. The molecule has 0 aromatic carbocycles. The largest absolute Gasteiger partial charge is 0.371 e. The maximum Gasteiger partial charge on any atom is 0.151 e. The van der Waals surface area contributed by atoms with E-state index in [9.17, 15) is 8.42 Å². The maximum atomic E-state index is 11.7. The van der Waals surface area contributed by atoms with Gasteiger partial charge in [-0.05, 0) is 28.8 Å². The molecule has 108 valence electrons. The van der Waals surface area contributed by atoms with E-state index in [2.05, 4.69) is 16.3 Å². The van der Waals surface area contributed by atoms with Gasteiger partial charge in [0.15, 0.2) is 9.84 Å². The van der Waals surface area contributed by atoms with Gasteiger partial charge >= 0.3 is 0 Å². The molecule has 6 heteroatoms. The van der Waals surface area contributed by atoms with E-state index in [1.54, 1.807) is 11.3 Å². The van der Waals surface area contributed by atoms with Gasteiger partial charge in [-0.25, -0.2) is 8.42 Å². The van der Waals surface area contributed by atoms with E-state index in [0.29, 0.717) is 25.3 Å². The van der Waals surface area contributed by atoms with Crippen LogP contribution in [0.15, 0.2) is 16.8 Å². The van der Waals surface area contributed by atoms with Crippen LogP contribution in [0.2, 0.25) is 0 Å². The number of hydrogen-bond acceptors (Lipinski definition) is 5. The maximum absolute atomic E-state index is 11.7. The van der Waals surface area contributed by atoms with E-state index in [4.69, 9.17) is 4.74 Å². The SMILES string of the molecule is CCCS(=O)(=O)CCN1CCO[C@@H](c2ccsc2)C1. The van der Waals surface area contributed by atoms with Crippen molar-refractivity contribution in [1.29, 1.82) is 0 Å². The van der Waals surface area contributed by atoms with Gasteiger partial charge in [-0.1, -0.05) is 6.92 Å². The number of hydrogen-bond donors (Lipinski definition) is 0. The summed E-state index contributed by atoms with van der Waals surface area (Å²) >= 11 is 1.66. The number of thiophene rings is 1. The highest BCUT2D eigenvalue weighted by Gasteiger charge is 2.23. The molecule has 1 aromatic heterocycles. The van der Waals surface area contributed by atoms with Crippen molar-refractivity contribution in [2.75, 3.05) is 37.7 Å². The van der Waals surface area contributed by atoms with Gasteiger partial charge in [0.05, 0.1) is 18.5 Å². The summed E-state index contributed by atoms with van der Waals surface area (Å²) in [5, 5.41) is 4.14. The van der Waals surface area contributed by atoms with Crippen molar-refractivity contribution in [3.8, 4) is 0 Å². The van der Waals surface area contributed by atoms with Crippen LogP contribution >= 0.6 is 11.3 Å². The van der Waals surface area contributed by atoms with Crippen molar-refractivity contribution in [2.45, 2.75) is 19.4 Å². The molecule has 0 amide bonds. The van der Waals surface area contributed by atoms with Crippen LogP contribution < -0.4 is 0 Å². The Hall–Kier alpha value is -0.430. The number of rotatable bonds is 6. The van der Waals surface area contributed by atoms with Crippen LogP contribution in [0.5, 0.6) is 0 Å². The van der Waals surface area contributed by atoms with Gasteiger partial charge in [0.1, 0.15) is 0 Å². The van der Waals surface area contributed by atoms with E-state index < -0.39 is 9.84 Å². The number of nitrogens with zero attached hydrogens (tertiary/aromatic N) is 1. The van der Waals surface area contributed by atoms with Gasteiger partial charge < -0.3 is 4.74 Å². The first-order valence-electron chi connectivity index (χ1n) is 6.67. The molecule has 0 N–H and O–H groups in total. The quantitative estimate of drug-likeness (QED) is 0.806. The zero-order valence-electron chi connectivity index (χ0n) is 11.2. The minimum Gasteiger partial charge on any atom is -0.371 e. The van der Waals surface area contributed by atoms with Crippen LogP contribution in [0.4, 0.5) is 0 Å². The molecule has 0 bridgehead atoms. The fourth-order valence-electron chi connectivity index (χ4n) is 2.25. The molecule has 1 aliphatic rings. The Morgan fingerprint density at radius 3 is 3.00 bits per heavy atom. The standard InChI is InChI=1S/C13H21NO3S2/c1-2-8-19(15,16)9-5-14-4-6-17-13(10-14)12-3-7-18-11-12/h3,7,11,13H,2,4-6,8-10H2,1H3/t13-/m1/s1. The van der Waals surface area contributed by atoms with Gasteiger partial charge in [0.2, 0.25) is 0 Å². The molecule has 0 spiro atoms. The summed E-state index contributed by atoms with van der Waals surface area (Å²) in [4.78, 5) is 2.19. The van der Waals surface area contributed by atoms with Crippen LogP contribution in [0.3, 0.4) is 0 Å². The van der Waals surface area contributed by atoms with Gasteiger partial charge in [-0.2, -0.15) is 11.3 Å². The summed E-state index contributed by atoms with van der Waals surface area (Å²) in [6.45, 7) is 4.81. The second-order valence-corrected chi connectivity index (χ2v) is 7.95. The van der Waals surface area contributed by atoms with Gasteiger partial charge in [0.25, 0.3) is 0 Å². The highest BCUT2D eigenvalue weighted by molar-refractivity contribution is 7.91. The van der Waals surface area contributed by atoms with E-state index in [1.807, 2.05) is 12.3 Å². The van der Waals surface area contributed by atoms with E-state index in [-0.39, 0.29) is 11.9 Å². The van der Waals surface area contributed by atoms with Crippen LogP contribution in [0.25, 0.3) is 0 Å². The molecule has 4 nitrogen and oxygen atoms in total. The summed E-state index contributed by atoms with van der Waals surface area (Å²) in [7, 11) is -2.88. The lowest BCUT2D eigenvalue weighted by molar-refractivity contribution is -0.0277. The monoisotopic (exact) mass is 303 g/mol. The third-order valence-corrected chi connectivity index (χ3v) is 5.84. The van der Waals surface area contributed by atoms with Crippen LogP contribution in [-0.4, -0.2) is 51.1 Å². The predicted octanol–water partition coefficient (Wildman–Crippen LogP) is 1.95. The summed E-state index contributed by atoms with van der Waals surface area (Å²) in [5.41, 5.74) is 1.20. The first kappa shape index (κ1) is 15.0. The first-order chi connectivity index (χ1) is 9.11. The smallest absolute Gasteiger partial charge is 0.151 e. The number of sulfone groups is 1. The van der Waals surface area contributed by atoms with Crippen LogP contribution in [0.1, 0.15) is 25.0 Å². The molecule has 2 heterocycles. The second kappa shape index (κ2) is 6.83. The fraction of sp³-hybridized carbons (Fsp3) is 0.692. The lowest BCUT2D eigenvalue weighted by Crippen LogP contribution is -2.40. The van der Waals surface area contributed by atoms with Crippen molar-refractivity contribution >= 4 is 21.2 Å². The summed E-state index contributed by atoms with van der Waals surface area (Å²) < 4.78 is 29.2. The van der Waals surface area contributed by atoms with Crippen LogP contribution in [-0.2, 0) is 14.6 Å². The van der Waals surface area contributed by atoms with E-state index >= 15 is 0 Å².